The number of hydrogen-bond acceptors (Lipinski definition) is 7. The van der Waals surface area contributed by atoms with Crippen molar-refractivity contribution < 1.29 is 28.5 Å². The summed E-state index contributed by atoms with van der Waals surface area (Å²) < 4.78 is 21.3. The van der Waals surface area contributed by atoms with E-state index in [1.54, 1.807) is 28.8 Å². The van der Waals surface area contributed by atoms with Gasteiger partial charge in [0.1, 0.15) is 0 Å². The fraction of sp³-hybridized carbons (Fsp3) is 0.200. The second-order valence-electron chi connectivity index (χ2n) is 7.14. The monoisotopic (exact) mass is 465 g/mol. The van der Waals surface area contributed by atoms with Gasteiger partial charge in [0.15, 0.2) is 18.1 Å². The molecule has 1 aliphatic heterocycles. The van der Waals surface area contributed by atoms with E-state index in [0.717, 1.165) is 21.2 Å². The van der Waals surface area contributed by atoms with Crippen LogP contribution in [-0.2, 0) is 20.7 Å². The molecule has 0 unspecified atom stereocenters. The molecule has 170 valence electrons. The highest BCUT2D eigenvalue weighted by Gasteiger charge is 2.28. The van der Waals surface area contributed by atoms with Crippen LogP contribution in [0.3, 0.4) is 0 Å². The SMILES string of the molecule is COc1cc(CC(=O)OCC(=O)N2c3ccccc3Sc3ccccc32)cc(OC)c1OC. The Bertz CT molecular complexity index is 1120. The summed E-state index contributed by atoms with van der Waals surface area (Å²) in [5.74, 6) is 0.455. The fourth-order valence-electron chi connectivity index (χ4n) is 3.64. The number of benzene rings is 3. The van der Waals surface area contributed by atoms with Crippen LogP contribution in [0, 0.1) is 0 Å². The van der Waals surface area contributed by atoms with Crippen molar-refractivity contribution >= 4 is 35.0 Å². The summed E-state index contributed by atoms with van der Waals surface area (Å²) in [6.45, 7) is -0.378. The second kappa shape index (κ2) is 9.87. The molecule has 0 radical (unpaired) electrons. The van der Waals surface area contributed by atoms with E-state index in [-0.39, 0.29) is 18.9 Å². The molecule has 1 heterocycles. The highest BCUT2D eigenvalue weighted by molar-refractivity contribution is 7.99. The molecule has 1 aliphatic rings. The number of methoxy groups -OCH3 is 3. The van der Waals surface area contributed by atoms with Crippen molar-refractivity contribution in [1.82, 2.24) is 0 Å². The van der Waals surface area contributed by atoms with E-state index < -0.39 is 5.97 Å². The van der Waals surface area contributed by atoms with Crippen LogP contribution in [0.2, 0.25) is 0 Å². The van der Waals surface area contributed by atoms with Gasteiger partial charge in [0.2, 0.25) is 5.75 Å². The molecule has 3 aromatic carbocycles. The summed E-state index contributed by atoms with van der Waals surface area (Å²) in [6.07, 6.45) is -0.0486. The third kappa shape index (κ3) is 4.61. The minimum atomic E-state index is -0.537. The maximum absolute atomic E-state index is 13.1. The first-order valence-corrected chi connectivity index (χ1v) is 11.0. The predicted molar refractivity (Wildman–Crippen MR) is 125 cm³/mol. The van der Waals surface area contributed by atoms with Crippen LogP contribution >= 0.6 is 11.8 Å². The van der Waals surface area contributed by atoms with Crippen molar-refractivity contribution in [2.45, 2.75) is 16.2 Å². The maximum atomic E-state index is 13.1. The van der Waals surface area contributed by atoms with E-state index in [1.165, 1.54) is 21.3 Å². The number of hydrogen-bond donors (Lipinski definition) is 0. The number of esters is 1. The molecule has 0 bridgehead atoms. The highest BCUT2D eigenvalue weighted by atomic mass is 32.2. The van der Waals surface area contributed by atoms with Crippen LogP contribution in [0.1, 0.15) is 5.56 Å². The molecule has 0 aliphatic carbocycles. The van der Waals surface area contributed by atoms with Crippen LogP contribution in [0.25, 0.3) is 0 Å². The average Bonchev–Trinajstić information content (AvgIpc) is 2.85. The molecule has 3 aromatic rings. The minimum absolute atomic E-state index is 0.0486. The summed E-state index contributed by atoms with van der Waals surface area (Å²) >= 11 is 1.60. The molecule has 0 saturated carbocycles. The number of anilines is 2. The van der Waals surface area contributed by atoms with E-state index >= 15 is 0 Å². The van der Waals surface area contributed by atoms with Crippen LogP contribution in [0.5, 0.6) is 17.2 Å². The Labute approximate surface area is 196 Å². The number of rotatable bonds is 7. The standard InChI is InChI=1S/C25H23NO6S/c1-29-19-12-16(13-20(30-2)25(19)31-3)14-24(28)32-15-23(27)26-17-8-4-6-10-21(17)33-22-11-7-5-9-18(22)26/h4-13H,14-15H2,1-3H3. The van der Waals surface area contributed by atoms with Crippen LogP contribution in [0.4, 0.5) is 11.4 Å². The van der Waals surface area contributed by atoms with E-state index in [1.807, 2.05) is 48.5 Å². The Balaban J connectivity index is 1.49. The van der Waals surface area contributed by atoms with Crippen molar-refractivity contribution in [1.29, 1.82) is 0 Å². The van der Waals surface area contributed by atoms with Gasteiger partial charge in [-0.05, 0) is 42.0 Å². The van der Waals surface area contributed by atoms with Gasteiger partial charge in [-0.25, -0.2) is 0 Å². The van der Waals surface area contributed by atoms with Gasteiger partial charge in [-0.1, -0.05) is 36.0 Å². The third-order valence-electron chi connectivity index (χ3n) is 5.11. The fourth-order valence-corrected chi connectivity index (χ4v) is 4.69. The van der Waals surface area contributed by atoms with Crippen molar-refractivity contribution in [2.24, 2.45) is 0 Å². The molecule has 4 rings (SSSR count). The predicted octanol–water partition coefficient (Wildman–Crippen LogP) is 4.63. The van der Waals surface area contributed by atoms with Crippen LogP contribution in [0.15, 0.2) is 70.5 Å². The zero-order valence-corrected chi connectivity index (χ0v) is 19.3. The lowest BCUT2D eigenvalue weighted by Gasteiger charge is -2.30. The summed E-state index contributed by atoms with van der Waals surface area (Å²) in [6, 6.07) is 18.7. The van der Waals surface area contributed by atoms with E-state index in [2.05, 4.69) is 0 Å². The first kappa shape index (κ1) is 22.5. The molecule has 0 N–H and O–H groups in total. The van der Waals surface area contributed by atoms with Gasteiger partial charge >= 0.3 is 5.97 Å². The van der Waals surface area contributed by atoms with Crippen molar-refractivity contribution in [3.8, 4) is 17.2 Å². The molecule has 7 nitrogen and oxygen atoms in total. The van der Waals surface area contributed by atoms with Gasteiger partial charge in [0.25, 0.3) is 5.91 Å². The zero-order chi connectivity index (χ0) is 23.4. The number of nitrogens with zero attached hydrogens (tertiary/aromatic N) is 1. The molecular formula is C25H23NO6S. The average molecular weight is 466 g/mol. The van der Waals surface area contributed by atoms with E-state index in [9.17, 15) is 9.59 Å². The molecule has 0 saturated heterocycles. The molecule has 0 fully saturated rings. The normalized spacial score (nSPS) is 11.8. The minimum Gasteiger partial charge on any atom is -0.493 e. The lowest BCUT2D eigenvalue weighted by atomic mass is 10.1. The first-order valence-electron chi connectivity index (χ1n) is 10.2. The Morgan fingerprint density at radius 1 is 0.818 bits per heavy atom. The largest absolute Gasteiger partial charge is 0.493 e. The Kier molecular flexibility index (Phi) is 6.74. The molecule has 33 heavy (non-hydrogen) atoms. The maximum Gasteiger partial charge on any atom is 0.310 e. The molecule has 8 heteroatoms. The molecule has 1 amide bonds. The van der Waals surface area contributed by atoms with Gasteiger partial charge < -0.3 is 18.9 Å². The lowest BCUT2D eigenvalue weighted by molar-refractivity contribution is -0.147. The van der Waals surface area contributed by atoms with Crippen molar-refractivity contribution in [3.05, 3.63) is 66.2 Å². The number of ether oxygens (including phenoxy) is 4. The van der Waals surface area contributed by atoms with Crippen LogP contribution < -0.4 is 19.1 Å². The van der Waals surface area contributed by atoms with Crippen molar-refractivity contribution in [2.75, 3.05) is 32.8 Å². The molecule has 0 aromatic heterocycles. The Morgan fingerprint density at radius 3 is 1.88 bits per heavy atom. The molecular weight excluding hydrogens is 442 g/mol. The van der Waals surface area contributed by atoms with Gasteiger partial charge in [-0.2, -0.15) is 0 Å². The Hall–Kier alpha value is -3.65. The lowest BCUT2D eigenvalue weighted by Crippen LogP contribution is -2.32. The molecule has 0 atom stereocenters. The Morgan fingerprint density at radius 2 is 1.36 bits per heavy atom. The number of para-hydroxylation sites is 2. The third-order valence-corrected chi connectivity index (χ3v) is 6.24. The quantitative estimate of drug-likeness (QED) is 0.471. The number of fused-ring (bicyclic) bond motifs is 2. The topological polar surface area (TPSA) is 74.3 Å². The summed E-state index contributed by atoms with van der Waals surface area (Å²) in [4.78, 5) is 29.2. The highest BCUT2D eigenvalue weighted by Crippen LogP contribution is 2.47. The number of carbonyl (C=O) groups excluding carboxylic acids is 2. The van der Waals surface area contributed by atoms with Crippen LogP contribution in [-0.4, -0.2) is 39.8 Å². The second-order valence-corrected chi connectivity index (χ2v) is 8.22. The van der Waals surface area contributed by atoms with E-state index in [0.29, 0.717) is 22.8 Å². The zero-order valence-electron chi connectivity index (χ0n) is 18.5. The summed E-state index contributed by atoms with van der Waals surface area (Å²) in [7, 11) is 4.52. The summed E-state index contributed by atoms with van der Waals surface area (Å²) in [5, 5.41) is 0. The number of carbonyl (C=O) groups is 2. The van der Waals surface area contributed by atoms with Crippen molar-refractivity contribution in [3.63, 3.8) is 0 Å². The first-order chi connectivity index (χ1) is 16.0. The van der Waals surface area contributed by atoms with Gasteiger partial charge in [-0.15, -0.1) is 0 Å². The van der Waals surface area contributed by atoms with Gasteiger partial charge in [-0.3, -0.25) is 14.5 Å². The summed E-state index contributed by atoms with van der Waals surface area (Å²) in [5.41, 5.74) is 2.16. The smallest absolute Gasteiger partial charge is 0.310 e. The number of amides is 1. The van der Waals surface area contributed by atoms with Gasteiger partial charge in [0.05, 0.1) is 39.1 Å². The van der Waals surface area contributed by atoms with Gasteiger partial charge in [0, 0.05) is 9.79 Å². The molecule has 0 spiro atoms. The van der Waals surface area contributed by atoms with E-state index in [4.69, 9.17) is 18.9 Å².